The maximum absolute atomic E-state index is 13.6. The highest BCUT2D eigenvalue weighted by atomic mass is 32.1. The fourth-order valence-corrected chi connectivity index (χ4v) is 3.20. The minimum Gasteiger partial charge on any atom is -0.319 e. The molecule has 2 aromatic carbocycles. The van der Waals surface area contributed by atoms with Crippen LogP contribution in [-0.4, -0.2) is 5.91 Å². The van der Waals surface area contributed by atoms with Crippen molar-refractivity contribution in [3.8, 4) is 10.4 Å². The van der Waals surface area contributed by atoms with E-state index in [9.17, 15) is 9.18 Å². The largest absolute Gasteiger partial charge is 0.319 e. The molecule has 0 radical (unpaired) electrons. The number of halogens is 1. The van der Waals surface area contributed by atoms with Crippen LogP contribution < -0.4 is 5.32 Å². The maximum atomic E-state index is 13.6. The highest BCUT2D eigenvalue weighted by Crippen LogP contribution is 2.29. The van der Waals surface area contributed by atoms with Crippen LogP contribution >= 0.6 is 11.3 Å². The topological polar surface area (TPSA) is 29.1 Å². The zero-order valence-electron chi connectivity index (χ0n) is 12.7. The molecule has 3 aromatic rings. The Hall–Kier alpha value is -2.46. The number of rotatable bonds is 4. The molecule has 0 fully saturated rings. The number of anilines is 1. The number of para-hydroxylation sites is 1. The second kappa shape index (κ2) is 6.75. The van der Waals surface area contributed by atoms with E-state index in [2.05, 4.69) is 24.4 Å². The van der Waals surface area contributed by atoms with E-state index in [4.69, 9.17) is 0 Å². The first-order valence-electron chi connectivity index (χ1n) is 7.42. The van der Waals surface area contributed by atoms with Crippen LogP contribution in [0.3, 0.4) is 0 Å². The van der Waals surface area contributed by atoms with Gasteiger partial charge in [0.25, 0.3) is 5.91 Å². The number of nitrogens with one attached hydrogen (secondary N) is 1. The number of hydrogen-bond acceptors (Lipinski definition) is 2. The first-order chi connectivity index (χ1) is 11.2. The van der Waals surface area contributed by atoms with Crippen molar-refractivity contribution < 1.29 is 9.18 Å². The Morgan fingerprint density at radius 3 is 2.70 bits per heavy atom. The van der Waals surface area contributed by atoms with E-state index in [1.165, 1.54) is 23.0 Å². The van der Waals surface area contributed by atoms with Gasteiger partial charge in [-0.2, -0.15) is 0 Å². The van der Waals surface area contributed by atoms with Crippen LogP contribution in [0.25, 0.3) is 10.4 Å². The molecule has 0 aliphatic heterocycles. The van der Waals surface area contributed by atoms with Crippen LogP contribution in [0.2, 0.25) is 0 Å². The summed E-state index contributed by atoms with van der Waals surface area (Å²) in [6.07, 6.45) is 0.972. The number of thiophene rings is 1. The lowest BCUT2D eigenvalue weighted by Gasteiger charge is -2.04. The highest BCUT2D eigenvalue weighted by molar-refractivity contribution is 7.17. The normalized spacial score (nSPS) is 10.5. The SMILES string of the molecule is CCc1cccc(-c2ccc(C(=O)Nc3ccccc3F)s2)c1. The van der Waals surface area contributed by atoms with E-state index < -0.39 is 5.82 Å². The van der Waals surface area contributed by atoms with Crippen LogP contribution in [0.5, 0.6) is 0 Å². The number of amides is 1. The van der Waals surface area contributed by atoms with Gasteiger partial charge in [0.15, 0.2) is 0 Å². The summed E-state index contributed by atoms with van der Waals surface area (Å²) in [6.45, 7) is 2.11. The molecular formula is C19H16FNOS. The Labute approximate surface area is 138 Å². The Morgan fingerprint density at radius 2 is 1.91 bits per heavy atom. The lowest BCUT2D eigenvalue weighted by atomic mass is 10.1. The molecule has 4 heteroatoms. The molecule has 23 heavy (non-hydrogen) atoms. The summed E-state index contributed by atoms with van der Waals surface area (Å²) >= 11 is 1.40. The van der Waals surface area contributed by atoms with E-state index in [-0.39, 0.29) is 11.6 Å². The average Bonchev–Trinajstić information content (AvgIpc) is 3.07. The van der Waals surface area contributed by atoms with Crippen molar-refractivity contribution in [1.82, 2.24) is 0 Å². The number of hydrogen-bond donors (Lipinski definition) is 1. The maximum Gasteiger partial charge on any atom is 0.265 e. The molecule has 0 aliphatic carbocycles. The molecule has 1 heterocycles. The second-order valence-electron chi connectivity index (χ2n) is 5.15. The van der Waals surface area contributed by atoms with Crippen LogP contribution in [-0.2, 0) is 6.42 Å². The third-order valence-corrected chi connectivity index (χ3v) is 4.70. The molecule has 0 spiro atoms. The summed E-state index contributed by atoms with van der Waals surface area (Å²) in [7, 11) is 0. The number of carbonyl (C=O) groups excluding carboxylic acids is 1. The summed E-state index contributed by atoms with van der Waals surface area (Å²) in [6, 6.07) is 18.1. The fourth-order valence-electron chi connectivity index (χ4n) is 2.31. The summed E-state index contributed by atoms with van der Waals surface area (Å²) in [4.78, 5) is 13.9. The van der Waals surface area contributed by atoms with Crippen molar-refractivity contribution in [3.63, 3.8) is 0 Å². The van der Waals surface area contributed by atoms with E-state index in [0.717, 1.165) is 16.9 Å². The molecule has 0 aliphatic rings. The van der Waals surface area contributed by atoms with Gasteiger partial charge >= 0.3 is 0 Å². The van der Waals surface area contributed by atoms with Gasteiger partial charge < -0.3 is 5.32 Å². The summed E-state index contributed by atoms with van der Waals surface area (Å²) in [5, 5.41) is 2.61. The Balaban J connectivity index is 1.81. The van der Waals surface area contributed by atoms with Crippen molar-refractivity contribution >= 4 is 22.9 Å². The number of aryl methyl sites for hydroxylation is 1. The minimum absolute atomic E-state index is 0.195. The predicted molar refractivity (Wildman–Crippen MR) is 93.5 cm³/mol. The molecule has 2 nitrogen and oxygen atoms in total. The lowest BCUT2D eigenvalue weighted by Crippen LogP contribution is -2.11. The van der Waals surface area contributed by atoms with Crippen LogP contribution in [0.15, 0.2) is 60.7 Å². The van der Waals surface area contributed by atoms with Crippen molar-refractivity contribution in [2.45, 2.75) is 13.3 Å². The first-order valence-corrected chi connectivity index (χ1v) is 8.24. The Kier molecular flexibility index (Phi) is 4.53. The van der Waals surface area contributed by atoms with Gasteiger partial charge in [0.1, 0.15) is 5.82 Å². The summed E-state index contributed by atoms with van der Waals surface area (Å²) in [5.41, 5.74) is 2.55. The number of benzene rings is 2. The average molecular weight is 325 g/mol. The minimum atomic E-state index is -0.437. The summed E-state index contributed by atoms with van der Waals surface area (Å²) in [5.74, 6) is -0.730. The molecule has 3 rings (SSSR count). The van der Waals surface area contributed by atoms with Crippen molar-refractivity contribution in [1.29, 1.82) is 0 Å². The molecular weight excluding hydrogens is 309 g/mol. The third kappa shape index (κ3) is 3.48. The van der Waals surface area contributed by atoms with Crippen molar-refractivity contribution in [2.24, 2.45) is 0 Å². The molecule has 0 saturated carbocycles. The van der Waals surface area contributed by atoms with Crippen molar-refractivity contribution in [2.75, 3.05) is 5.32 Å². The van der Waals surface area contributed by atoms with E-state index in [1.807, 2.05) is 18.2 Å². The lowest BCUT2D eigenvalue weighted by molar-refractivity contribution is 0.103. The van der Waals surface area contributed by atoms with E-state index >= 15 is 0 Å². The van der Waals surface area contributed by atoms with E-state index in [0.29, 0.717) is 4.88 Å². The standard InChI is InChI=1S/C19H16FNOS/c1-2-13-6-5-7-14(12-13)17-10-11-18(23-17)19(22)21-16-9-4-3-8-15(16)20/h3-12H,2H2,1H3,(H,21,22). The molecule has 116 valence electrons. The van der Waals surface area contributed by atoms with Gasteiger partial charge in [-0.1, -0.05) is 43.3 Å². The summed E-state index contributed by atoms with van der Waals surface area (Å²) < 4.78 is 13.6. The zero-order chi connectivity index (χ0) is 16.2. The predicted octanol–water partition coefficient (Wildman–Crippen LogP) is 5.37. The van der Waals surface area contributed by atoms with Gasteiger partial charge in [0, 0.05) is 4.88 Å². The molecule has 1 N–H and O–H groups in total. The molecule has 1 aromatic heterocycles. The van der Waals surface area contributed by atoms with Gasteiger partial charge in [-0.25, -0.2) is 4.39 Å². The van der Waals surface area contributed by atoms with Gasteiger partial charge in [0.2, 0.25) is 0 Å². The molecule has 0 saturated heterocycles. The van der Waals surface area contributed by atoms with Crippen LogP contribution in [0.4, 0.5) is 10.1 Å². The van der Waals surface area contributed by atoms with Gasteiger partial charge in [-0.15, -0.1) is 11.3 Å². The van der Waals surface area contributed by atoms with Crippen LogP contribution in [0.1, 0.15) is 22.2 Å². The monoisotopic (exact) mass is 325 g/mol. The molecule has 0 bridgehead atoms. The quantitative estimate of drug-likeness (QED) is 0.686. The van der Waals surface area contributed by atoms with Gasteiger partial charge in [-0.05, 0) is 41.8 Å². The zero-order valence-corrected chi connectivity index (χ0v) is 13.5. The molecule has 1 amide bonds. The highest BCUT2D eigenvalue weighted by Gasteiger charge is 2.12. The van der Waals surface area contributed by atoms with Gasteiger partial charge in [-0.3, -0.25) is 4.79 Å². The van der Waals surface area contributed by atoms with Gasteiger partial charge in [0.05, 0.1) is 10.6 Å². The Morgan fingerprint density at radius 1 is 1.09 bits per heavy atom. The van der Waals surface area contributed by atoms with Crippen molar-refractivity contribution in [3.05, 3.63) is 76.9 Å². The van der Waals surface area contributed by atoms with E-state index in [1.54, 1.807) is 24.3 Å². The second-order valence-corrected chi connectivity index (χ2v) is 6.24. The van der Waals surface area contributed by atoms with Crippen LogP contribution in [0, 0.1) is 5.82 Å². The number of carbonyl (C=O) groups is 1. The molecule has 0 unspecified atom stereocenters. The Bertz CT molecular complexity index is 841. The fraction of sp³-hybridized carbons (Fsp3) is 0.105. The molecule has 0 atom stereocenters. The smallest absolute Gasteiger partial charge is 0.265 e. The third-order valence-electron chi connectivity index (χ3n) is 3.57. The first kappa shape index (κ1) is 15.4.